The van der Waals surface area contributed by atoms with Crippen molar-refractivity contribution in [2.75, 3.05) is 51.5 Å². The van der Waals surface area contributed by atoms with E-state index in [0.29, 0.717) is 19.5 Å². The molecule has 0 aromatic heterocycles. The molecule has 0 bridgehead atoms. The molecule has 0 spiro atoms. The predicted molar refractivity (Wildman–Crippen MR) is 98.5 cm³/mol. The number of piperazine rings is 1. The van der Waals surface area contributed by atoms with Gasteiger partial charge in [0.15, 0.2) is 0 Å². The molecule has 1 aliphatic rings. The van der Waals surface area contributed by atoms with Crippen LogP contribution in [0, 0.1) is 0 Å². The number of ether oxygens (including phenoxy) is 1. The van der Waals surface area contributed by atoms with Gasteiger partial charge in [-0.15, -0.1) is 0 Å². The topological polar surface area (TPSA) is 70.2 Å². The Hall–Kier alpha value is -1.64. The van der Waals surface area contributed by atoms with Crippen LogP contribution < -0.4 is 9.64 Å². The van der Waals surface area contributed by atoms with Gasteiger partial charge in [0.05, 0.1) is 18.9 Å². The maximum atomic E-state index is 12.7. The zero-order chi connectivity index (χ0) is 18.6. The number of hydrogen-bond donors (Lipinski definition) is 0. The molecular formula is C17H27N3O4S. The van der Waals surface area contributed by atoms with Crippen molar-refractivity contribution in [1.82, 2.24) is 9.21 Å². The lowest BCUT2D eigenvalue weighted by molar-refractivity contribution is -0.125. The number of sulfonamides is 1. The van der Waals surface area contributed by atoms with Crippen LogP contribution in [0.4, 0.5) is 5.69 Å². The number of amides is 1. The number of methoxy groups -OCH3 is 1. The summed E-state index contributed by atoms with van der Waals surface area (Å²) >= 11 is 0. The molecule has 8 heteroatoms. The minimum absolute atomic E-state index is 0.0342. The van der Waals surface area contributed by atoms with Gasteiger partial charge >= 0.3 is 0 Å². The lowest BCUT2D eigenvalue weighted by Gasteiger charge is -2.39. The molecule has 1 aliphatic heterocycles. The summed E-state index contributed by atoms with van der Waals surface area (Å²) in [5.74, 6) is 0.886. The lowest BCUT2D eigenvalue weighted by Crippen LogP contribution is -2.56. The fourth-order valence-corrected chi connectivity index (χ4v) is 3.73. The van der Waals surface area contributed by atoms with Gasteiger partial charge < -0.3 is 9.64 Å². The van der Waals surface area contributed by atoms with E-state index in [-0.39, 0.29) is 17.7 Å². The van der Waals surface area contributed by atoms with Crippen molar-refractivity contribution in [3.63, 3.8) is 0 Å². The first-order chi connectivity index (χ1) is 11.8. The van der Waals surface area contributed by atoms with Crippen molar-refractivity contribution in [1.29, 1.82) is 0 Å². The Labute approximate surface area is 150 Å². The fraction of sp³-hybridized carbons (Fsp3) is 0.588. The van der Waals surface area contributed by atoms with Crippen LogP contribution in [-0.2, 0) is 14.8 Å². The molecule has 1 heterocycles. The van der Waals surface area contributed by atoms with Crippen molar-refractivity contribution in [2.24, 2.45) is 0 Å². The SMILES string of the molecule is COc1ccc(N2CCN(CCCS(=O)(=O)N(C)C)C(C)C2=O)cc1. The summed E-state index contributed by atoms with van der Waals surface area (Å²) in [6.45, 7) is 3.78. The van der Waals surface area contributed by atoms with Crippen LogP contribution in [0.5, 0.6) is 5.75 Å². The van der Waals surface area contributed by atoms with Crippen molar-refractivity contribution in [3.05, 3.63) is 24.3 Å². The molecule has 25 heavy (non-hydrogen) atoms. The van der Waals surface area contributed by atoms with E-state index in [1.54, 1.807) is 12.0 Å². The van der Waals surface area contributed by atoms with Gasteiger partial charge in [-0.2, -0.15) is 0 Å². The summed E-state index contributed by atoms with van der Waals surface area (Å²) in [7, 11) is 1.49. The monoisotopic (exact) mass is 369 g/mol. The van der Waals surface area contributed by atoms with Gasteiger partial charge in [-0.1, -0.05) is 0 Å². The van der Waals surface area contributed by atoms with Crippen LogP contribution in [-0.4, -0.2) is 76.2 Å². The van der Waals surface area contributed by atoms with E-state index in [4.69, 9.17) is 4.74 Å². The van der Waals surface area contributed by atoms with Gasteiger partial charge in [-0.05, 0) is 37.6 Å². The largest absolute Gasteiger partial charge is 0.497 e. The van der Waals surface area contributed by atoms with Crippen LogP contribution in [0.2, 0.25) is 0 Å². The molecular weight excluding hydrogens is 342 g/mol. The van der Waals surface area contributed by atoms with E-state index >= 15 is 0 Å². The van der Waals surface area contributed by atoms with Gasteiger partial charge in [0.1, 0.15) is 5.75 Å². The highest BCUT2D eigenvalue weighted by Crippen LogP contribution is 2.23. The second kappa shape index (κ2) is 8.16. The molecule has 1 amide bonds. The number of rotatable bonds is 7. The number of benzene rings is 1. The third-order valence-electron chi connectivity index (χ3n) is 4.57. The van der Waals surface area contributed by atoms with Crippen molar-refractivity contribution < 1.29 is 17.9 Å². The summed E-state index contributed by atoms with van der Waals surface area (Å²) < 4.78 is 30.0. The van der Waals surface area contributed by atoms with Crippen molar-refractivity contribution >= 4 is 21.6 Å². The normalized spacial score (nSPS) is 19.5. The minimum atomic E-state index is -3.19. The van der Waals surface area contributed by atoms with Gasteiger partial charge in [-0.25, -0.2) is 12.7 Å². The first-order valence-corrected chi connectivity index (χ1v) is 9.97. The first kappa shape index (κ1) is 19.7. The summed E-state index contributed by atoms with van der Waals surface area (Å²) in [4.78, 5) is 16.5. The molecule has 1 atom stereocenters. The Morgan fingerprint density at radius 3 is 2.40 bits per heavy atom. The number of nitrogens with zero attached hydrogens (tertiary/aromatic N) is 3. The second-order valence-corrected chi connectivity index (χ2v) is 8.65. The Kier molecular flexibility index (Phi) is 6.42. The standard InChI is InChI=1S/C17H27N3O4S/c1-14-17(21)20(15-6-8-16(24-4)9-7-15)12-11-19(14)10-5-13-25(22,23)18(2)3/h6-9,14H,5,10-13H2,1-4H3. The maximum Gasteiger partial charge on any atom is 0.244 e. The average Bonchev–Trinajstić information content (AvgIpc) is 2.59. The third kappa shape index (κ3) is 4.71. The van der Waals surface area contributed by atoms with E-state index in [9.17, 15) is 13.2 Å². The Bertz CT molecular complexity index is 688. The molecule has 0 aliphatic carbocycles. The van der Waals surface area contributed by atoms with Crippen molar-refractivity contribution in [3.8, 4) is 5.75 Å². The number of anilines is 1. The van der Waals surface area contributed by atoms with Gasteiger partial charge in [0, 0.05) is 39.4 Å². The summed E-state index contributed by atoms with van der Waals surface area (Å²) in [5.41, 5.74) is 0.854. The van der Waals surface area contributed by atoms with Crippen LogP contribution in [0.15, 0.2) is 24.3 Å². The smallest absolute Gasteiger partial charge is 0.244 e. The molecule has 1 unspecified atom stereocenters. The molecule has 1 fully saturated rings. The molecule has 0 saturated carbocycles. The molecule has 2 rings (SSSR count). The van der Waals surface area contributed by atoms with Gasteiger partial charge in [-0.3, -0.25) is 9.69 Å². The zero-order valence-electron chi connectivity index (χ0n) is 15.3. The molecule has 1 aromatic carbocycles. The van der Waals surface area contributed by atoms with E-state index in [1.807, 2.05) is 36.1 Å². The maximum absolute atomic E-state index is 12.7. The molecule has 7 nitrogen and oxygen atoms in total. The quantitative estimate of drug-likeness (QED) is 0.718. The Morgan fingerprint density at radius 2 is 1.84 bits per heavy atom. The first-order valence-electron chi connectivity index (χ1n) is 8.36. The number of carbonyl (C=O) groups excluding carboxylic acids is 1. The predicted octanol–water partition coefficient (Wildman–Crippen LogP) is 1.01. The lowest BCUT2D eigenvalue weighted by atomic mass is 10.1. The van der Waals surface area contributed by atoms with Gasteiger partial charge in [0.25, 0.3) is 0 Å². The number of carbonyl (C=O) groups is 1. The molecule has 0 radical (unpaired) electrons. The molecule has 140 valence electrons. The van der Waals surface area contributed by atoms with Crippen LogP contribution in [0.1, 0.15) is 13.3 Å². The molecule has 0 N–H and O–H groups in total. The van der Waals surface area contributed by atoms with Crippen LogP contribution in [0.25, 0.3) is 0 Å². The van der Waals surface area contributed by atoms with Crippen LogP contribution >= 0.6 is 0 Å². The Balaban J connectivity index is 1.94. The molecule has 1 aromatic rings. The summed E-state index contributed by atoms with van der Waals surface area (Å²) in [6, 6.07) is 7.17. The van der Waals surface area contributed by atoms with Gasteiger partial charge in [0.2, 0.25) is 15.9 Å². The highest BCUT2D eigenvalue weighted by atomic mass is 32.2. The fourth-order valence-electron chi connectivity index (χ4n) is 2.87. The van der Waals surface area contributed by atoms with E-state index in [2.05, 4.69) is 0 Å². The average molecular weight is 369 g/mol. The van der Waals surface area contributed by atoms with E-state index in [1.165, 1.54) is 18.4 Å². The minimum Gasteiger partial charge on any atom is -0.497 e. The molecule has 1 saturated heterocycles. The summed E-state index contributed by atoms with van der Waals surface area (Å²) in [5, 5.41) is 0. The van der Waals surface area contributed by atoms with Crippen LogP contribution in [0.3, 0.4) is 0 Å². The zero-order valence-corrected chi connectivity index (χ0v) is 16.1. The summed E-state index contributed by atoms with van der Waals surface area (Å²) in [6.07, 6.45) is 0.515. The highest BCUT2D eigenvalue weighted by Gasteiger charge is 2.32. The Morgan fingerprint density at radius 1 is 1.20 bits per heavy atom. The van der Waals surface area contributed by atoms with E-state index in [0.717, 1.165) is 18.0 Å². The number of hydrogen-bond acceptors (Lipinski definition) is 5. The second-order valence-electron chi connectivity index (χ2n) is 6.35. The van der Waals surface area contributed by atoms with E-state index < -0.39 is 10.0 Å². The van der Waals surface area contributed by atoms with Crippen molar-refractivity contribution in [2.45, 2.75) is 19.4 Å². The highest BCUT2D eigenvalue weighted by molar-refractivity contribution is 7.89. The third-order valence-corrected chi connectivity index (χ3v) is 6.49.